The standard InChI is InChI=1S/C16H26O2S/c1-13(7-9-15-5-3-11-17-15)19-14(2)8-10-16-6-4-12-18-16/h15-16H,1-12H2. The fraction of sp³-hybridized carbons (Fsp3) is 0.750. The highest BCUT2D eigenvalue weighted by atomic mass is 32.2. The highest BCUT2D eigenvalue weighted by molar-refractivity contribution is 8.06. The van der Waals surface area contributed by atoms with Gasteiger partial charge in [-0.25, -0.2) is 0 Å². The van der Waals surface area contributed by atoms with Crippen molar-refractivity contribution in [3.8, 4) is 0 Å². The third kappa shape index (κ3) is 5.72. The molecule has 0 aliphatic carbocycles. The van der Waals surface area contributed by atoms with Gasteiger partial charge < -0.3 is 9.47 Å². The highest BCUT2D eigenvalue weighted by Crippen LogP contribution is 2.32. The van der Waals surface area contributed by atoms with Crippen LogP contribution >= 0.6 is 11.8 Å². The van der Waals surface area contributed by atoms with Gasteiger partial charge >= 0.3 is 0 Å². The van der Waals surface area contributed by atoms with Crippen LogP contribution in [0.25, 0.3) is 0 Å². The zero-order valence-electron chi connectivity index (χ0n) is 11.9. The molecule has 2 fully saturated rings. The Labute approximate surface area is 121 Å². The Hall–Kier alpha value is -0.250. The summed E-state index contributed by atoms with van der Waals surface area (Å²) in [4.78, 5) is 2.46. The van der Waals surface area contributed by atoms with Crippen molar-refractivity contribution in [2.45, 2.75) is 63.6 Å². The smallest absolute Gasteiger partial charge is 0.0579 e. The second-order valence-corrected chi connectivity index (χ2v) is 6.89. The molecular weight excluding hydrogens is 256 g/mol. The molecular formula is C16H26O2S. The summed E-state index contributed by atoms with van der Waals surface area (Å²) < 4.78 is 11.3. The summed E-state index contributed by atoms with van der Waals surface area (Å²) in [5, 5.41) is 0. The lowest BCUT2D eigenvalue weighted by Gasteiger charge is -2.13. The van der Waals surface area contributed by atoms with E-state index in [9.17, 15) is 0 Å². The summed E-state index contributed by atoms with van der Waals surface area (Å²) in [5.41, 5.74) is 0. The lowest BCUT2D eigenvalue weighted by molar-refractivity contribution is 0.105. The van der Waals surface area contributed by atoms with E-state index in [2.05, 4.69) is 13.2 Å². The summed E-state index contributed by atoms with van der Waals surface area (Å²) in [5.74, 6) is 0. The first-order valence-corrected chi connectivity index (χ1v) is 8.32. The van der Waals surface area contributed by atoms with Crippen LogP contribution in [0.5, 0.6) is 0 Å². The molecule has 0 spiro atoms. The summed E-state index contributed by atoms with van der Waals surface area (Å²) >= 11 is 1.77. The van der Waals surface area contributed by atoms with Crippen molar-refractivity contribution in [2.24, 2.45) is 0 Å². The molecule has 2 aliphatic rings. The molecule has 0 aromatic carbocycles. The van der Waals surface area contributed by atoms with Crippen molar-refractivity contribution in [3.63, 3.8) is 0 Å². The summed E-state index contributed by atoms with van der Waals surface area (Å²) in [7, 11) is 0. The van der Waals surface area contributed by atoms with Crippen molar-refractivity contribution in [1.29, 1.82) is 0 Å². The van der Waals surface area contributed by atoms with Crippen LogP contribution < -0.4 is 0 Å². The van der Waals surface area contributed by atoms with E-state index >= 15 is 0 Å². The Morgan fingerprint density at radius 1 is 0.895 bits per heavy atom. The third-order valence-electron chi connectivity index (χ3n) is 3.83. The van der Waals surface area contributed by atoms with Crippen molar-refractivity contribution < 1.29 is 9.47 Å². The molecule has 0 amide bonds. The molecule has 0 saturated carbocycles. The zero-order valence-corrected chi connectivity index (χ0v) is 12.7. The minimum atomic E-state index is 0.470. The lowest BCUT2D eigenvalue weighted by Crippen LogP contribution is -2.05. The van der Waals surface area contributed by atoms with E-state index in [0.29, 0.717) is 12.2 Å². The van der Waals surface area contributed by atoms with Gasteiger partial charge in [-0.05, 0) is 61.2 Å². The average Bonchev–Trinajstić information content (AvgIpc) is 3.07. The maximum Gasteiger partial charge on any atom is 0.0579 e. The van der Waals surface area contributed by atoms with Gasteiger partial charge in [-0.2, -0.15) is 0 Å². The first kappa shape index (κ1) is 15.1. The second kappa shape index (κ2) is 8.13. The Kier molecular flexibility index (Phi) is 6.48. The minimum Gasteiger partial charge on any atom is -0.378 e. The van der Waals surface area contributed by atoms with E-state index in [1.807, 2.05) is 0 Å². The SMILES string of the molecule is C=C(CCC1CCCO1)SC(=C)CCC1CCCO1. The Morgan fingerprint density at radius 2 is 1.37 bits per heavy atom. The number of hydrogen-bond donors (Lipinski definition) is 0. The van der Waals surface area contributed by atoms with Gasteiger partial charge in [-0.15, -0.1) is 11.8 Å². The molecule has 108 valence electrons. The average molecular weight is 282 g/mol. The van der Waals surface area contributed by atoms with E-state index in [0.717, 1.165) is 38.9 Å². The van der Waals surface area contributed by atoms with E-state index in [1.165, 1.54) is 35.5 Å². The maximum atomic E-state index is 5.63. The molecule has 3 heteroatoms. The first-order valence-electron chi connectivity index (χ1n) is 7.50. The molecule has 2 unspecified atom stereocenters. The van der Waals surface area contributed by atoms with Gasteiger partial charge in [-0.3, -0.25) is 0 Å². The molecule has 0 aromatic rings. The molecule has 0 bridgehead atoms. The summed E-state index contributed by atoms with van der Waals surface area (Å²) in [6.45, 7) is 10.2. The molecule has 2 nitrogen and oxygen atoms in total. The van der Waals surface area contributed by atoms with Gasteiger partial charge in [-0.1, -0.05) is 13.2 Å². The van der Waals surface area contributed by atoms with E-state index in [4.69, 9.17) is 9.47 Å². The zero-order chi connectivity index (χ0) is 13.5. The molecule has 2 heterocycles. The van der Waals surface area contributed by atoms with Crippen LogP contribution in [-0.2, 0) is 9.47 Å². The Morgan fingerprint density at radius 3 is 1.74 bits per heavy atom. The van der Waals surface area contributed by atoms with Crippen LogP contribution in [0.15, 0.2) is 23.0 Å². The Balaban J connectivity index is 1.54. The molecule has 0 aromatic heterocycles. The van der Waals surface area contributed by atoms with Crippen molar-refractivity contribution in [3.05, 3.63) is 23.0 Å². The highest BCUT2D eigenvalue weighted by Gasteiger charge is 2.17. The molecule has 2 rings (SSSR count). The van der Waals surface area contributed by atoms with Crippen LogP contribution in [0.2, 0.25) is 0 Å². The minimum absolute atomic E-state index is 0.470. The predicted octanol–water partition coefficient (Wildman–Crippen LogP) is 4.67. The quantitative estimate of drug-likeness (QED) is 0.645. The van der Waals surface area contributed by atoms with E-state index in [1.54, 1.807) is 11.8 Å². The summed E-state index contributed by atoms with van der Waals surface area (Å²) in [6, 6.07) is 0. The normalized spacial score (nSPS) is 26.7. The number of thioether (sulfide) groups is 1. The largest absolute Gasteiger partial charge is 0.378 e. The van der Waals surface area contributed by atoms with Gasteiger partial charge in [0.1, 0.15) is 0 Å². The lowest BCUT2D eigenvalue weighted by atomic mass is 10.1. The van der Waals surface area contributed by atoms with Crippen LogP contribution in [0.3, 0.4) is 0 Å². The van der Waals surface area contributed by atoms with Crippen LogP contribution in [0.1, 0.15) is 51.4 Å². The predicted molar refractivity (Wildman–Crippen MR) is 82.3 cm³/mol. The molecule has 2 saturated heterocycles. The van der Waals surface area contributed by atoms with Crippen LogP contribution in [0, 0.1) is 0 Å². The molecule has 19 heavy (non-hydrogen) atoms. The maximum absolute atomic E-state index is 5.63. The molecule has 0 N–H and O–H groups in total. The number of ether oxygens (including phenoxy) is 2. The topological polar surface area (TPSA) is 18.5 Å². The molecule has 0 radical (unpaired) electrons. The van der Waals surface area contributed by atoms with Gasteiger partial charge in [0.25, 0.3) is 0 Å². The Bertz CT molecular complexity index is 272. The van der Waals surface area contributed by atoms with E-state index in [-0.39, 0.29) is 0 Å². The molecule has 2 atom stereocenters. The van der Waals surface area contributed by atoms with Gasteiger partial charge in [0.15, 0.2) is 0 Å². The van der Waals surface area contributed by atoms with Gasteiger partial charge in [0.05, 0.1) is 12.2 Å². The van der Waals surface area contributed by atoms with Gasteiger partial charge in [0, 0.05) is 13.2 Å². The number of hydrogen-bond acceptors (Lipinski definition) is 3. The van der Waals surface area contributed by atoms with Crippen molar-refractivity contribution >= 4 is 11.8 Å². The molecule has 2 aliphatic heterocycles. The van der Waals surface area contributed by atoms with E-state index < -0.39 is 0 Å². The van der Waals surface area contributed by atoms with Crippen LogP contribution in [0.4, 0.5) is 0 Å². The van der Waals surface area contributed by atoms with Crippen LogP contribution in [-0.4, -0.2) is 25.4 Å². The third-order valence-corrected chi connectivity index (χ3v) is 4.81. The fourth-order valence-electron chi connectivity index (χ4n) is 2.69. The monoisotopic (exact) mass is 282 g/mol. The fourth-order valence-corrected chi connectivity index (χ4v) is 3.54. The van der Waals surface area contributed by atoms with Crippen molar-refractivity contribution in [1.82, 2.24) is 0 Å². The number of rotatable bonds is 8. The summed E-state index contributed by atoms with van der Waals surface area (Å²) in [6.07, 6.45) is 10.2. The first-order chi connectivity index (χ1) is 9.24. The van der Waals surface area contributed by atoms with Crippen molar-refractivity contribution in [2.75, 3.05) is 13.2 Å². The van der Waals surface area contributed by atoms with Gasteiger partial charge in [0.2, 0.25) is 0 Å². The second-order valence-electron chi connectivity index (χ2n) is 5.53. The number of allylic oxidation sites excluding steroid dienone is 2.